The molecule has 0 spiro atoms. The molecule has 176 valence electrons. The summed E-state index contributed by atoms with van der Waals surface area (Å²) in [5, 5.41) is 3.38. The highest BCUT2D eigenvalue weighted by Crippen LogP contribution is 2.27. The fraction of sp³-hybridized carbons (Fsp3) is 0.500. The van der Waals surface area contributed by atoms with E-state index in [2.05, 4.69) is 27.2 Å². The zero-order valence-electron chi connectivity index (χ0n) is 19.5. The first-order chi connectivity index (χ1) is 15.9. The van der Waals surface area contributed by atoms with Gasteiger partial charge in [-0.1, -0.05) is 0 Å². The van der Waals surface area contributed by atoms with E-state index in [0.717, 1.165) is 31.2 Å². The molecule has 0 aromatic carbocycles. The third-order valence-corrected chi connectivity index (χ3v) is 6.21. The zero-order chi connectivity index (χ0) is 23.4. The first kappa shape index (κ1) is 23.1. The molecule has 9 nitrogen and oxygen atoms in total. The maximum absolute atomic E-state index is 13.4. The number of nitrogens with one attached hydrogen (secondary N) is 1. The lowest BCUT2D eigenvalue weighted by atomic mass is 9.82. The molecule has 0 unspecified atom stereocenters. The van der Waals surface area contributed by atoms with Crippen LogP contribution in [0.3, 0.4) is 0 Å². The van der Waals surface area contributed by atoms with Gasteiger partial charge in [-0.05, 0) is 51.7 Å². The Kier molecular flexibility index (Phi) is 6.90. The van der Waals surface area contributed by atoms with E-state index in [1.165, 1.54) is 0 Å². The number of methoxy groups -OCH3 is 1. The average molecular weight is 453 g/mol. The lowest BCUT2D eigenvalue weighted by molar-refractivity contribution is 0.139. The van der Waals surface area contributed by atoms with Gasteiger partial charge in [0.2, 0.25) is 5.88 Å². The van der Waals surface area contributed by atoms with Gasteiger partial charge in [-0.15, -0.1) is 0 Å². The standard InChI is InChI=1S/C24H32N6O3/c1-4-33-12-11-30-20-13-18(16-5-6-21(32-3)27-14-16)26-15-19(20)29-22(23(30)31)28-17-7-9-24(2,25)10-8-17/h5-6,13-15,17H,4,7-12,25H2,1-3H3,(H,28,29). The minimum atomic E-state index is -0.159. The summed E-state index contributed by atoms with van der Waals surface area (Å²) in [7, 11) is 1.58. The second-order valence-corrected chi connectivity index (χ2v) is 8.83. The Balaban J connectivity index is 1.70. The van der Waals surface area contributed by atoms with E-state index in [9.17, 15) is 4.79 Å². The van der Waals surface area contributed by atoms with Gasteiger partial charge in [-0.25, -0.2) is 9.97 Å². The lowest BCUT2D eigenvalue weighted by Crippen LogP contribution is -2.43. The summed E-state index contributed by atoms with van der Waals surface area (Å²) in [6.45, 7) is 5.47. The number of hydrogen-bond acceptors (Lipinski definition) is 8. The zero-order valence-corrected chi connectivity index (χ0v) is 19.5. The largest absolute Gasteiger partial charge is 0.481 e. The van der Waals surface area contributed by atoms with E-state index in [4.69, 9.17) is 15.2 Å². The maximum atomic E-state index is 13.4. The number of ether oxygens (including phenoxy) is 2. The molecule has 0 saturated heterocycles. The first-order valence-corrected chi connectivity index (χ1v) is 11.4. The molecular formula is C24H32N6O3. The van der Waals surface area contributed by atoms with Crippen LogP contribution in [0.1, 0.15) is 39.5 Å². The Morgan fingerprint density at radius 2 is 2.03 bits per heavy atom. The van der Waals surface area contributed by atoms with Crippen LogP contribution in [0.15, 0.2) is 35.4 Å². The molecule has 1 aliphatic carbocycles. The predicted octanol–water partition coefficient (Wildman–Crippen LogP) is 2.97. The van der Waals surface area contributed by atoms with Crippen molar-refractivity contribution in [3.63, 3.8) is 0 Å². The van der Waals surface area contributed by atoms with Crippen molar-refractivity contribution in [2.75, 3.05) is 25.6 Å². The second-order valence-electron chi connectivity index (χ2n) is 8.83. The van der Waals surface area contributed by atoms with Crippen molar-refractivity contribution in [2.45, 2.75) is 57.7 Å². The smallest absolute Gasteiger partial charge is 0.293 e. The summed E-state index contributed by atoms with van der Waals surface area (Å²) >= 11 is 0. The normalized spacial score (nSPS) is 20.7. The number of pyridine rings is 2. The molecule has 1 saturated carbocycles. The number of aromatic nitrogens is 4. The van der Waals surface area contributed by atoms with Crippen LogP contribution in [0.2, 0.25) is 0 Å². The van der Waals surface area contributed by atoms with Crippen molar-refractivity contribution in [2.24, 2.45) is 5.73 Å². The van der Waals surface area contributed by atoms with E-state index in [-0.39, 0.29) is 17.1 Å². The molecule has 3 N–H and O–H groups in total. The van der Waals surface area contributed by atoms with Gasteiger partial charge in [-0.3, -0.25) is 9.78 Å². The topological polar surface area (TPSA) is 117 Å². The number of rotatable bonds is 8. The Hall–Kier alpha value is -3.04. The third-order valence-electron chi connectivity index (χ3n) is 6.21. The van der Waals surface area contributed by atoms with Gasteiger partial charge in [0, 0.05) is 42.6 Å². The van der Waals surface area contributed by atoms with Gasteiger partial charge in [0.15, 0.2) is 5.82 Å². The molecule has 4 rings (SSSR count). The van der Waals surface area contributed by atoms with E-state index >= 15 is 0 Å². The summed E-state index contributed by atoms with van der Waals surface area (Å²) in [4.78, 5) is 26.9. The van der Waals surface area contributed by atoms with Crippen molar-refractivity contribution >= 4 is 16.9 Å². The average Bonchev–Trinajstić information content (AvgIpc) is 2.82. The monoisotopic (exact) mass is 452 g/mol. The van der Waals surface area contributed by atoms with Crippen LogP contribution in [0, 0.1) is 0 Å². The molecule has 3 heterocycles. The molecule has 9 heteroatoms. The highest BCUT2D eigenvalue weighted by molar-refractivity contribution is 5.80. The van der Waals surface area contributed by atoms with Crippen LogP contribution in [-0.2, 0) is 11.3 Å². The quantitative estimate of drug-likeness (QED) is 0.501. The molecule has 33 heavy (non-hydrogen) atoms. The summed E-state index contributed by atoms with van der Waals surface area (Å²) in [6.07, 6.45) is 7.05. The Bertz CT molecular complexity index is 1150. The van der Waals surface area contributed by atoms with Crippen LogP contribution in [0.25, 0.3) is 22.3 Å². The van der Waals surface area contributed by atoms with Crippen LogP contribution in [-0.4, -0.2) is 51.4 Å². The van der Waals surface area contributed by atoms with E-state index < -0.39 is 0 Å². The maximum Gasteiger partial charge on any atom is 0.293 e. The van der Waals surface area contributed by atoms with Crippen molar-refractivity contribution in [1.82, 2.24) is 19.5 Å². The minimum absolute atomic E-state index is 0.136. The number of fused-ring (bicyclic) bond motifs is 1. The summed E-state index contributed by atoms with van der Waals surface area (Å²) < 4.78 is 12.4. The van der Waals surface area contributed by atoms with Crippen LogP contribution in [0.4, 0.5) is 5.82 Å². The van der Waals surface area contributed by atoms with E-state index in [0.29, 0.717) is 48.2 Å². The number of anilines is 1. The molecule has 0 atom stereocenters. The van der Waals surface area contributed by atoms with Gasteiger partial charge in [-0.2, -0.15) is 0 Å². The SMILES string of the molecule is CCOCCn1c(=O)c(NC2CCC(C)(N)CC2)nc2cnc(-c3ccc(OC)nc3)cc21. The highest BCUT2D eigenvalue weighted by Gasteiger charge is 2.28. The molecule has 3 aromatic rings. The molecule has 0 bridgehead atoms. The summed E-state index contributed by atoms with van der Waals surface area (Å²) in [5.41, 5.74) is 8.87. The number of nitrogens with zero attached hydrogens (tertiary/aromatic N) is 4. The predicted molar refractivity (Wildman–Crippen MR) is 129 cm³/mol. The Labute approximate surface area is 193 Å². The first-order valence-electron chi connectivity index (χ1n) is 11.4. The molecule has 0 radical (unpaired) electrons. The number of nitrogens with two attached hydrogens (primary N) is 1. The summed E-state index contributed by atoms with van der Waals surface area (Å²) in [5.74, 6) is 0.883. The third kappa shape index (κ3) is 5.31. The molecule has 1 fully saturated rings. The fourth-order valence-electron chi connectivity index (χ4n) is 4.19. The van der Waals surface area contributed by atoms with E-state index in [1.54, 1.807) is 30.1 Å². The molecule has 1 aliphatic rings. The van der Waals surface area contributed by atoms with Gasteiger partial charge in [0.25, 0.3) is 5.56 Å². The Morgan fingerprint density at radius 3 is 2.70 bits per heavy atom. The molecular weight excluding hydrogens is 420 g/mol. The highest BCUT2D eigenvalue weighted by atomic mass is 16.5. The van der Waals surface area contributed by atoms with Gasteiger partial charge < -0.3 is 25.1 Å². The minimum Gasteiger partial charge on any atom is -0.481 e. The van der Waals surface area contributed by atoms with Gasteiger partial charge in [0.1, 0.15) is 5.52 Å². The van der Waals surface area contributed by atoms with E-state index in [1.807, 2.05) is 19.1 Å². The Morgan fingerprint density at radius 1 is 1.24 bits per heavy atom. The fourth-order valence-corrected chi connectivity index (χ4v) is 4.19. The molecule has 0 aliphatic heterocycles. The van der Waals surface area contributed by atoms with Crippen LogP contribution >= 0.6 is 0 Å². The molecule has 0 amide bonds. The second kappa shape index (κ2) is 9.84. The van der Waals surface area contributed by atoms with Crippen LogP contribution in [0.5, 0.6) is 5.88 Å². The van der Waals surface area contributed by atoms with Crippen molar-refractivity contribution in [1.29, 1.82) is 0 Å². The van der Waals surface area contributed by atoms with Crippen LogP contribution < -0.4 is 21.3 Å². The number of hydrogen-bond donors (Lipinski definition) is 2. The molecule has 3 aromatic heterocycles. The van der Waals surface area contributed by atoms with Gasteiger partial charge >= 0.3 is 0 Å². The lowest BCUT2D eigenvalue weighted by Gasteiger charge is -2.34. The van der Waals surface area contributed by atoms with Crippen molar-refractivity contribution < 1.29 is 9.47 Å². The van der Waals surface area contributed by atoms with Crippen molar-refractivity contribution in [3.8, 4) is 17.1 Å². The van der Waals surface area contributed by atoms with Crippen molar-refractivity contribution in [3.05, 3.63) is 40.9 Å². The van der Waals surface area contributed by atoms with Gasteiger partial charge in [0.05, 0.1) is 31.1 Å². The summed E-state index contributed by atoms with van der Waals surface area (Å²) in [6, 6.07) is 5.73.